The Kier molecular flexibility index (Phi) is 4.63. The number of pyridine rings is 1. The normalized spacial score (nSPS) is 11.8. The van der Waals surface area contributed by atoms with E-state index >= 15 is 0 Å². The Bertz CT molecular complexity index is 649. The van der Waals surface area contributed by atoms with Crippen LogP contribution in [0.5, 0.6) is 5.75 Å². The molecule has 0 saturated carbocycles. The molecule has 0 saturated heterocycles. The second-order valence-electron chi connectivity index (χ2n) is 5.73. The van der Waals surface area contributed by atoms with Crippen molar-refractivity contribution in [3.63, 3.8) is 0 Å². The minimum absolute atomic E-state index is 0.00672. The summed E-state index contributed by atoms with van der Waals surface area (Å²) in [7, 11) is 0. The molecule has 2 aromatic rings. The van der Waals surface area contributed by atoms with Gasteiger partial charge in [0.1, 0.15) is 11.6 Å². The molecule has 0 aliphatic rings. The molecule has 1 heterocycles. The van der Waals surface area contributed by atoms with E-state index in [2.05, 4.69) is 52.2 Å². The fourth-order valence-corrected chi connectivity index (χ4v) is 2.22. The van der Waals surface area contributed by atoms with Gasteiger partial charge in [0.25, 0.3) is 0 Å². The van der Waals surface area contributed by atoms with Gasteiger partial charge in [0.05, 0.1) is 10.7 Å². The Morgan fingerprint density at radius 1 is 1.29 bits per heavy atom. The summed E-state index contributed by atoms with van der Waals surface area (Å²) in [5.74, 6) is 0.828. The van der Waals surface area contributed by atoms with Crippen molar-refractivity contribution in [3.8, 4) is 5.75 Å². The molecule has 1 aromatic carbocycles. The third kappa shape index (κ3) is 4.04. The van der Waals surface area contributed by atoms with Gasteiger partial charge in [0, 0.05) is 11.8 Å². The summed E-state index contributed by atoms with van der Waals surface area (Å²) in [4.78, 5) is 4.11. The van der Waals surface area contributed by atoms with Crippen LogP contribution in [0.4, 0.5) is 5.82 Å². The number of phenols is 1. The molecule has 5 heteroatoms. The highest BCUT2D eigenvalue weighted by Crippen LogP contribution is 2.33. The lowest BCUT2D eigenvalue weighted by molar-refractivity contribution is 0.469. The molecular formula is C16H18BrN3O. The molecule has 0 amide bonds. The molecule has 2 N–H and O–H groups in total. The van der Waals surface area contributed by atoms with E-state index in [4.69, 9.17) is 0 Å². The summed E-state index contributed by atoms with van der Waals surface area (Å²) < 4.78 is 0.661. The number of phenolic OH excluding ortho intramolecular Hbond substituents is 1. The van der Waals surface area contributed by atoms with Crippen molar-refractivity contribution in [1.82, 2.24) is 4.98 Å². The lowest BCUT2D eigenvalue weighted by atomic mass is 9.86. The first kappa shape index (κ1) is 15.5. The van der Waals surface area contributed by atoms with Gasteiger partial charge in [-0.3, -0.25) is 5.43 Å². The number of halogens is 1. The van der Waals surface area contributed by atoms with E-state index in [1.165, 1.54) is 0 Å². The maximum absolute atomic E-state index is 10.1. The molecular weight excluding hydrogens is 330 g/mol. The standard InChI is InChI=1S/C16H18BrN3O/c1-16(2,3)12-8-11(15(21)13(17)9-12)10-19-20-14-6-4-5-7-18-14/h4-10,21H,1-3H3,(H,18,20)/b19-10+. The second-order valence-corrected chi connectivity index (χ2v) is 6.59. The van der Waals surface area contributed by atoms with E-state index in [0.29, 0.717) is 15.9 Å². The van der Waals surface area contributed by atoms with Crippen LogP contribution in [0.15, 0.2) is 46.1 Å². The number of hydrogen-bond acceptors (Lipinski definition) is 4. The number of hydrazone groups is 1. The zero-order valence-corrected chi connectivity index (χ0v) is 13.8. The summed E-state index contributed by atoms with van der Waals surface area (Å²) in [5.41, 5.74) is 4.59. The zero-order valence-electron chi connectivity index (χ0n) is 12.3. The van der Waals surface area contributed by atoms with Crippen molar-refractivity contribution >= 4 is 28.0 Å². The van der Waals surface area contributed by atoms with Crippen molar-refractivity contribution in [2.45, 2.75) is 26.2 Å². The van der Waals surface area contributed by atoms with E-state index in [1.54, 1.807) is 12.4 Å². The van der Waals surface area contributed by atoms with E-state index in [9.17, 15) is 5.11 Å². The predicted octanol–water partition coefficient (Wildman–Crippen LogP) is 4.29. The molecule has 110 valence electrons. The number of rotatable bonds is 3. The van der Waals surface area contributed by atoms with Crippen LogP contribution in [0.25, 0.3) is 0 Å². The maximum atomic E-state index is 10.1. The van der Waals surface area contributed by atoms with Crippen molar-refractivity contribution in [1.29, 1.82) is 0 Å². The fraction of sp³-hybridized carbons (Fsp3) is 0.250. The van der Waals surface area contributed by atoms with Crippen LogP contribution in [0.1, 0.15) is 31.9 Å². The first-order valence-electron chi connectivity index (χ1n) is 6.61. The van der Waals surface area contributed by atoms with Gasteiger partial charge in [-0.05, 0) is 51.2 Å². The van der Waals surface area contributed by atoms with Crippen LogP contribution in [-0.4, -0.2) is 16.3 Å². The molecule has 0 fully saturated rings. The van der Waals surface area contributed by atoms with Crippen LogP contribution in [0.2, 0.25) is 0 Å². The number of nitrogens with zero attached hydrogens (tertiary/aromatic N) is 2. The fourth-order valence-electron chi connectivity index (χ4n) is 1.75. The Hall–Kier alpha value is -1.88. The number of hydrogen-bond donors (Lipinski definition) is 2. The van der Waals surface area contributed by atoms with Crippen molar-refractivity contribution < 1.29 is 5.11 Å². The van der Waals surface area contributed by atoms with Crippen LogP contribution in [0, 0.1) is 0 Å². The number of benzene rings is 1. The van der Waals surface area contributed by atoms with Gasteiger partial charge >= 0.3 is 0 Å². The van der Waals surface area contributed by atoms with E-state index < -0.39 is 0 Å². The highest BCUT2D eigenvalue weighted by atomic mass is 79.9. The Balaban J connectivity index is 2.25. The van der Waals surface area contributed by atoms with Gasteiger partial charge < -0.3 is 5.11 Å². The maximum Gasteiger partial charge on any atom is 0.146 e. The Labute approximate surface area is 133 Å². The average molecular weight is 348 g/mol. The molecule has 0 aliphatic heterocycles. The molecule has 1 aromatic heterocycles. The molecule has 0 unspecified atom stereocenters. The second kappa shape index (κ2) is 6.26. The van der Waals surface area contributed by atoms with E-state index in [-0.39, 0.29) is 11.2 Å². The predicted molar refractivity (Wildman–Crippen MR) is 90.0 cm³/mol. The van der Waals surface area contributed by atoms with Crippen LogP contribution < -0.4 is 5.43 Å². The van der Waals surface area contributed by atoms with Crippen LogP contribution in [-0.2, 0) is 5.41 Å². The molecule has 0 radical (unpaired) electrons. The topological polar surface area (TPSA) is 57.5 Å². The third-order valence-electron chi connectivity index (χ3n) is 3.01. The first-order valence-corrected chi connectivity index (χ1v) is 7.40. The van der Waals surface area contributed by atoms with Gasteiger partial charge in [0.2, 0.25) is 0 Å². The van der Waals surface area contributed by atoms with Crippen molar-refractivity contribution in [3.05, 3.63) is 52.1 Å². The van der Waals surface area contributed by atoms with Crippen molar-refractivity contribution in [2.75, 3.05) is 5.43 Å². The summed E-state index contributed by atoms with van der Waals surface area (Å²) in [6, 6.07) is 9.39. The van der Waals surface area contributed by atoms with Crippen molar-refractivity contribution in [2.24, 2.45) is 5.10 Å². The average Bonchev–Trinajstić information content (AvgIpc) is 2.43. The third-order valence-corrected chi connectivity index (χ3v) is 3.61. The summed E-state index contributed by atoms with van der Waals surface area (Å²) in [6.07, 6.45) is 3.27. The monoisotopic (exact) mass is 347 g/mol. The smallest absolute Gasteiger partial charge is 0.146 e. The lowest BCUT2D eigenvalue weighted by Gasteiger charge is -2.20. The molecule has 2 rings (SSSR count). The lowest BCUT2D eigenvalue weighted by Crippen LogP contribution is -2.11. The summed E-state index contributed by atoms with van der Waals surface area (Å²) >= 11 is 3.38. The van der Waals surface area contributed by atoms with Crippen LogP contribution >= 0.6 is 15.9 Å². The SMILES string of the molecule is CC(C)(C)c1cc(Br)c(O)c(/C=N/Nc2ccccn2)c1. The highest BCUT2D eigenvalue weighted by Gasteiger charge is 2.17. The van der Waals surface area contributed by atoms with Gasteiger partial charge in [-0.2, -0.15) is 5.10 Å². The summed E-state index contributed by atoms with van der Waals surface area (Å²) in [5, 5.41) is 14.2. The van der Waals surface area contributed by atoms with E-state index in [0.717, 1.165) is 5.56 Å². The summed E-state index contributed by atoms with van der Waals surface area (Å²) in [6.45, 7) is 6.37. The zero-order chi connectivity index (χ0) is 15.5. The number of aromatic nitrogens is 1. The first-order chi connectivity index (χ1) is 9.88. The number of anilines is 1. The molecule has 0 bridgehead atoms. The van der Waals surface area contributed by atoms with Gasteiger partial charge in [-0.25, -0.2) is 4.98 Å². The molecule has 21 heavy (non-hydrogen) atoms. The highest BCUT2D eigenvalue weighted by molar-refractivity contribution is 9.10. The van der Waals surface area contributed by atoms with Gasteiger partial charge in [-0.1, -0.05) is 26.8 Å². The largest absolute Gasteiger partial charge is 0.506 e. The minimum Gasteiger partial charge on any atom is -0.506 e. The molecule has 4 nitrogen and oxygen atoms in total. The number of aromatic hydroxyl groups is 1. The van der Waals surface area contributed by atoms with E-state index in [1.807, 2.05) is 30.3 Å². The quantitative estimate of drug-likeness (QED) is 0.643. The molecule has 0 spiro atoms. The van der Waals surface area contributed by atoms with Gasteiger partial charge in [-0.15, -0.1) is 0 Å². The van der Waals surface area contributed by atoms with Crippen LogP contribution in [0.3, 0.4) is 0 Å². The molecule has 0 atom stereocenters. The molecule has 0 aliphatic carbocycles. The Morgan fingerprint density at radius 2 is 2.05 bits per heavy atom. The minimum atomic E-state index is -0.00672. The van der Waals surface area contributed by atoms with Gasteiger partial charge in [0.15, 0.2) is 0 Å². The number of nitrogens with one attached hydrogen (secondary N) is 1. The Morgan fingerprint density at radius 3 is 2.67 bits per heavy atom.